The van der Waals surface area contributed by atoms with E-state index < -0.39 is 37.2 Å². The zero-order valence-corrected chi connectivity index (χ0v) is 23.1. The first-order valence-electron chi connectivity index (χ1n) is 11.6. The van der Waals surface area contributed by atoms with Crippen LogP contribution in [-0.2, 0) is 22.7 Å². The van der Waals surface area contributed by atoms with E-state index in [1.807, 2.05) is 0 Å². The van der Waals surface area contributed by atoms with Gasteiger partial charge in [-0.3, -0.25) is 0 Å². The van der Waals surface area contributed by atoms with Crippen molar-refractivity contribution in [1.82, 2.24) is 14.9 Å². The van der Waals surface area contributed by atoms with Gasteiger partial charge in [-0.1, -0.05) is 31.2 Å². The second-order valence-corrected chi connectivity index (χ2v) is 16.7. The van der Waals surface area contributed by atoms with Crippen LogP contribution in [0, 0.1) is 11.6 Å². The Morgan fingerprint density at radius 3 is 2.44 bits per heavy atom. The van der Waals surface area contributed by atoms with Crippen molar-refractivity contribution in [2.45, 2.75) is 65.3 Å². The minimum absolute atomic E-state index is 0.110. The lowest BCUT2D eigenvalue weighted by Gasteiger charge is -2.19. The van der Waals surface area contributed by atoms with Gasteiger partial charge in [0.25, 0.3) is 0 Å². The summed E-state index contributed by atoms with van der Waals surface area (Å²) in [5.74, 6) is -2.28. The van der Waals surface area contributed by atoms with Gasteiger partial charge < -0.3 is 24.1 Å². The number of alkyl carbamates (subject to hydrolysis) is 1. The van der Waals surface area contributed by atoms with Crippen molar-refractivity contribution >= 4 is 36.8 Å². The van der Waals surface area contributed by atoms with Gasteiger partial charge in [0.05, 0.1) is 5.39 Å². The number of pyridine rings is 1. The van der Waals surface area contributed by atoms with Gasteiger partial charge in [0.1, 0.15) is 28.9 Å². The Morgan fingerprint density at radius 2 is 1.83 bits per heavy atom. The number of hydrogen-bond donors (Lipinski definition) is 1. The fourth-order valence-electron chi connectivity index (χ4n) is 3.24. The second kappa shape index (κ2) is 11.1. The fourth-order valence-corrected chi connectivity index (χ4v) is 4.18. The van der Waals surface area contributed by atoms with E-state index in [1.165, 1.54) is 6.07 Å². The molecule has 0 unspecified atom stereocenters. The van der Waals surface area contributed by atoms with Crippen molar-refractivity contribution in [3.8, 4) is 11.5 Å². The van der Waals surface area contributed by atoms with Crippen LogP contribution in [0.4, 0.5) is 13.6 Å². The predicted molar refractivity (Wildman–Crippen MR) is 138 cm³/mol. The molecule has 196 valence electrons. The summed E-state index contributed by atoms with van der Waals surface area (Å²) >= 11 is 6.18. The number of nitrogens with zero attached hydrogens (tertiary/aromatic N) is 2. The van der Waals surface area contributed by atoms with E-state index in [0.29, 0.717) is 17.6 Å². The minimum atomic E-state index is -1.22. The van der Waals surface area contributed by atoms with Crippen LogP contribution >= 0.6 is 11.6 Å². The molecule has 11 heteroatoms. The molecular formula is C25H32ClF2N3O4Si. The molecule has 0 spiro atoms. The van der Waals surface area contributed by atoms with Crippen LogP contribution in [0.2, 0.25) is 30.8 Å². The molecule has 1 amide bonds. The van der Waals surface area contributed by atoms with Crippen molar-refractivity contribution in [3.05, 3.63) is 52.8 Å². The van der Waals surface area contributed by atoms with Gasteiger partial charge in [-0.15, -0.1) is 0 Å². The molecule has 2 heterocycles. The molecule has 2 aromatic heterocycles. The molecule has 1 aromatic carbocycles. The fraction of sp³-hybridized carbons (Fsp3) is 0.440. The highest BCUT2D eigenvalue weighted by Crippen LogP contribution is 2.35. The average molecular weight is 540 g/mol. The second-order valence-electron chi connectivity index (χ2n) is 10.7. The zero-order valence-electron chi connectivity index (χ0n) is 21.4. The first-order chi connectivity index (χ1) is 16.7. The summed E-state index contributed by atoms with van der Waals surface area (Å²) < 4.78 is 48.0. The standard InChI is InChI=1S/C25H32ClF2N3O4Si/c1-25(2,3)35-24(32)29-14-16-11-18(27)22(19(28)12-16)34-20-13-21(26)30-23-17(20)7-8-31(23)15-33-9-10-36(4,5)6/h7-8,11-13H,9-10,14-15H2,1-6H3,(H,29,32). The lowest BCUT2D eigenvalue weighted by atomic mass is 10.2. The largest absolute Gasteiger partial charge is 0.450 e. The molecule has 3 rings (SSSR count). The third kappa shape index (κ3) is 7.91. The Hall–Kier alpha value is -2.69. The van der Waals surface area contributed by atoms with Crippen molar-refractivity contribution in [2.24, 2.45) is 0 Å². The Kier molecular flexibility index (Phi) is 8.63. The molecule has 36 heavy (non-hydrogen) atoms. The number of halogens is 3. The van der Waals surface area contributed by atoms with Crippen molar-refractivity contribution in [2.75, 3.05) is 6.61 Å². The SMILES string of the molecule is CC(C)(C)OC(=O)NCc1cc(F)c(Oc2cc(Cl)nc3c2ccn3COCC[Si](C)(C)C)c(F)c1. The normalized spacial score (nSPS) is 12.1. The van der Waals surface area contributed by atoms with Crippen LogP contribution in [0.1, 0.15) is 26.3 Å². The number of amides is 1. The lowest BCUT2D eigenvalue weighted by Crippen LogP contribution is -2.32. The van der Waals surface area contributed by atoms with E-state index in [2.05, 4.69) is 29.9 Å². The summed E-state index contributed by atoms with van der Waals surface area (Å²) in [4.78, 5) is 16.1. The molecule has 0 aliphatic heterocycles. The first kappa shape index (κ1) is 27.9. The number of fused-ring (bicyclic) bond motifs is 1. The van der Waals surface area contributed by atoms with E-state index in [4.69, 9.17) is 25.8 Å². The summed E-state index contributed by atoms with van der Waals surface area (Å²) in [6, 6.07) is 6.33. The van der Waals surface area contributed by atoms with Gasteiger partial charge in [0, 0.05) is 33.5 Å². The molecule has 0 aliphatic carbocycles. The van der Waals surface area contributed by atoms with E-state index in [-0.39, 0.29) is 29.7 Å². The quantitative estimate of drug-likeness (QED) is 0.178. The van der Waals surface area contributed by atoms with E-state index in [0.717, 1.165) is 18.2 Å². The molecule has 0 saturated heterocycles. The molecule has 0 atom stereocenters. The van der Waals surface area contributed by atoms with Crippen LogP contribution < -0.4 is 10.1 Å². The number of hydrogen-bond acceptors (Lipinski definition) is 5. The lowest BCUT2D eigenvalue weighted by molar-refractivity contribution is 0.0523. The molecule has 7 nitrogen and oxygen atoms in total. The summed E-state index contributed by atoms with van der Waals surface area (Å²) in [6.45, 7) is 12.8. The number of ether oxygens (including phenoxy) is 3. The smallest absolute Gasteiger partial charge is 0.407 e. The molecule has 3 aromatic rings. The van der Waals surface area contributed by atoms with Gasteiger partial charge in [0.15, 0.2) is 17.4 Å². The first-order valence-corrected chi connectivity index (χ1v) is 15.7. The van der Waals surface area contributed by atoms with Crippen LogP contribution in [0.15, 0.2) is 30.5 Å². The van der Waals surface area contributed by atoms with Gasteiger partial charge >= 0.3 is 6.09 Å². The highest BCUT2D eigenvalue weighted by Gasteiger charge is 2.20. The Labute approximate surface area is 215 Å². The van der Waals surface area contributed by atoms with Crippen LogP contribution in [0.3, 0.4) is 0 Å². The van der Waals surface area contributed by atoms with Crippen LogP contribution in [-0.4, -0.2) is 35.9 Å². The van der Waals surface area contributed by atoms with Crippen molar-refractivity contribution < 1.29 is 27.8 Å². The molecule has 0 radical (unpaired) electrons. The van der Waals surface area contributed by atoms with Gasteiger partial charge in [-0.25, -0.2) is 18.6 Å². The Bertz CT molecular complexity index is 1220. The third-order valence-corrected chi connectivity index (χ3v) is 6.89. The minimum Gasteiger partial charge on any atom is -0.450 e. The maximum Gasteiger partial charge on any atom is 0.407 e. The van der Waals surface area contributed by atoms with Gasteiger partial charge in [-0.2, -0.15) is 0 Å². The topological polar surface area (TPSA) is 74.6 Å². The number of carbonyl (C=O) groups is 1. The highest BCUT2D eigenvalue weighted by atomic mass is 35.5. The molecule has 0 saturated carbocycles. The summed E-state index contributed by atoms with van der Waals surface area (Å²) in [5, 5.41) is 3.11. The molecule has 0 bridgehead atoms. The van der Waals surface area contributed by atoms with Crippen LogP contribution in [0.5, 0.6) is 11.5 Å². The maximum atomic E-state index is 14.8. The Morgan fingerprint density at radius 1 is 1.17 bits per heavy atom. The molecular weight excluding hydrogens is 508 g/mol. The number of carbonyl (C=O) groups excluding carboxylic acids is 1. The molecule has 0 fully saturated rings. The van der Waals surface area contributed by atoms with E-state index in [1.54, 1.807) is 37.6 Å². The summed E-state index contributed by atoms with van der Waals surface area (Å²) in [7, 11) is -1.22. The predicted octanol–water partition coefficient (Wildman–Crippen LogP) is 7.10. The number of benzene rings is 1. The number of rotatable bonds is 9. The molecule has 0 aliphatic rings. The summed E-state index contributed by atoms with van der Waals surface area (Å²) in [5.41, 5.74) is 0.00123. The third-order valence-electron chi connectivity index (χ3n) is 5.00. The van der Waals surface area contributed by atoms with Gasteiger partial charge in [-0.05, 0) is 50.6 Å². The summed E-state index contributed by atoms with van der Waals surface area (Å²) in [6.07, 6.45) is 1.07. The highest BCUT2D eigenvalue weighted by molar-refractivity contribution is 6.76. The van der Waals surface area contributed by atoms with Gasteiger partial charge in [0.2, 0.25) is 0 Å². The zero-order chi connectivity index (χ0) is 26.7. The van der Waals surface area contributed by atoms with Crippen molar-refractivity contribution in [1.29, 1.82) is 0 Å². The molecule has 1 N–H and O–H groups in total. The van der Waals surface area contributed by atoms with Crippen LogP contribution in [0.25, 0.3) is 11.0 Å². The Balaban J connectivity index is 1.75. The maximum absolute atomic E-state index is 14.8. The monoisotopic (exact) mass is 539 g/mol. The average Bonchev–Trinajstić information content (AvgIpc) is 3.13. The number of aromatic nitrogens is 2. The van der Waals surface area contributed by atoms with Crippen molar-refractivity contribution in [3.63, 3.8) is 0 Å². The van der Waals surface area contributed by atoms with E-state index >= 15 is 0 Å². The number of nitrogens with one attached hydrogen (secondary N) is 1. The van der Waals surface area contributed by atoms with E-state index in [9.17, 15) is 13.6 Å².